The van der Waals surface area contributed by atoms with Crippen LogP contribution in [0.1, 0.15) is 19.8 Å². The Kier molecular flexibility index (Phi) is 5.19. The van der Waals surface area contributed by atoms with Gasteiger partial charge in [-0.1, -0.05) is 31.5 Å². The molecule has 3 aromatic rings. The van der Waals surface area contributed by atoms with Crippen molar-refractivity contribution in [1.82, 2.24) is 8.96 Å². The van der Waals surface area contributed by atoms with E-state index in [1.54, 1.807) is 30.3 Å². The van der Waals surface area contributed by atoms with E-state index in [4.69, 9.17) is 4.74 Å². The van der Waals surface area contributed by atoms with E-state index in [2.05, 4.69) is 11.9 Å². The number of benzene rings is 2. The molecule has 25 heavy (non-hydrogen) atoms. The average molecular weight is 356 g/mol. The highest BCUT2D eigenvalue weighted by atomic mass is 32.2. The fourth-order valence-electron chi connectivity index (χ4n) is 2.43. The van der Waals surface area contributed by atoms with E-state index in [0.29, 0.717) is 18.0 Å². The van der Waals surface area contributed by atoms with Crippen molar-refractivity contribution < 1.29 is 13.2 Å². The SMILES string of the molecule is CCCCOc1ccc(-c2nccn2S(=O)(=O)c2ccccc2)cc1. The van der Waals surface area contributed by atoms with Crippen molar-refractivity contribution in [2.45, 2.75) is 24.7 Å². The van der Waals surface area contributed by atoms with Gasteiger partial charge in [-0.3, -0.25) is 0 Å². The number of imidazole rings is 1. The van der Waals surface area contributed by atoms with Gasteiger partial charge in [-0.2, -0.15) is 0 Å². The van der Waals surface area contributed by atoms with Gasteiger partial charge in [-0.25, -0.2) is 17.4 Å². The van der Waals surface area contributed by atoms with Crippen molar-refractivity contribution in [3.05, 3.63) is 67.0 Å². The van der Waals surface area contributed by atoms with Crippen LogP contribution in [0.15, 0.2) is 71.9 Å². The van der Waals surface area contributed by atoms with Gasteiger partial charge in [0.15, 0.2) is 5.82 Å². The van der Waals surface area contributed by atoms with Gasteiger partial charge in [-0.15, -0.1) is 0 Å². The highest BCUT2D eigenvalue weighted by Gasteiger charge is 2.20. The van der Waals surface area contributed by atoms with Gasteiger partial charge in [0.25, 0.3) is 10.0 Å². The Bertz CT molecular complexity index is 917. The van der Waals surface area contributed by atoms with Crippen molar-refractivity contribution in [3.63, 3.8) is 0 Å². The van der Waals surface area contributed by atoms with Crippen molar-refractivity contribution in [1.29, 1.82) is 0 Å². The highest BCUT2D eigenvalue weighted by molar-refractivity contribution is 7.90. The fourth-order valence-corrected chi connectivity index (χ4v) is 3.75. The van der Waals surface area contributed by atoms with Gasteiger partial charge in [0.05, 0.1) is 11.5 Å². The molecular formula is C19H20N2O3S. The number of unbranched alkanes of at least 4 members (excludes halogenated alkanes) is 1. The van der Waals surface area contributed by atoms with Crippen LogP contribution in [0.2, 0.25) is 0 Å². The molecule has 130 valence electrons. The Morgan fingerprint density at radius 2 is 1.76 bits per heavy atom. The Morgan fingerprint density at radius 1 is 1.04 bits per heavy atom. The Balaban J connectivity index is 1.89. The Morgan fingerprint density at radius 3 is 2.44 bits per heavy atom. The molecule has 0 radical (unpaired) electrons. The largest absolute Gasteiger partial charge is 0.494 e. The number of rotatable bonds is 7. The molecule has 0 N–H and O–H groups in total. The first-order valence-electron chi connectivity index (χ1n) is 8.20. The lowest BCUT2D eigenvalue weighted by molar-refractivity contribution is 0.309. The van der Waals surface area contributed by atoms with Crippen LogP contribution in [0, 0.1) is 0 Å². The van der Waals surface area contributed by atoms with Crippen molar-refractivity contribution in [2.24, 2.45) is 0 Å². The van der Waals surface area contributed by atoms with Gasteiger partial charge >= 0.3 is 0 Å². The molecular weight excluding hydrogens is 336 g/mol. The maximum atomic E-state index is 12.8. The summed E-state index contributed by atoms with van der Waals surface area (Å²) in [5.41, 5.74) is 0.715. The molecule has 3 rings (SSSR count). The first-order valence-corrected chi connectivity index (χ1v) is 9.64. The summed E-state index contributed by atoms with van der Waals surface area (Å²) in [6.07, 6.45) is 5.03. The van der Waals surface area contributed by atoms with Crippen LogP contribution >= 0.6 is 0 Å². The average Bonchev–Trinajstić information content (AvgIpc) is 3.14. The zero-order valence-corrected chi connectivity index (χ0v) is 14.8. The molecule has 6 heteroatoms. The normalized spacial score (nSPS) is 11.4. The molecule has 0 atom stereocenters. The van der Waals surface area contributed by atoms with Crippen molar-refractivity contribution in [2.75, 3.05) is 6.61 Å². The molecule has 1 aromatic heterocycles. The van der Waals surface area contributed by atoms with Gasteiger partial charge in [-0.05, 0) is 42.8 Å². The van der Waals surface area contributed by atoms with Crippen LogP contribution in [0.5, 0.6) is 5.75 Å². The second-order valence-electron chi connectivity index (χ2n) is 5.59. The van der Waals surface area contributed by atoms with Crippen LogP contribution < -0.4 is 4.74 Å². The lowest BCUT2D eigenvalue weighted by Gasteiger charge is -2.10. The summed E-state index contributed by atoms with van der Waals surface area (Å²) in [6, 6.07) is 15.6. The molecule has 5 nitrogen and oxygen atoms in total. The lowest BCUT2D eigenvalue weighted by Crippen LogP contribution is -2.13. The van der Waals surface area contributed by atoms with Crippen molar-refractivity contribution >= 4 is 10.0 Å². The molecule has 0 saturated heterocycles. The van der Waals surface area contributed by atoms with Crippen LogP contribution in [-0.4, -0.2) is 24.0 Å². The zero-order valence-electron chi connectivity index (χ0n) is 14.0. The van der Waals surface area contributed by atoms with E-state index < -0.39 is 10.0 Å². The van der Waals surface area contributed by atoms with E-state index in [9.17, 15) is 8.42 Å². The van der Waals surface area contributed by atoms with Crippen molar-refractivity contribution in [3.8, 4) is 17.1 Å². The fraction of sp³-hybridized carbons (Fsp3) is 0.211. The third-order valence-corrected chi connectivity index (χ3v) is 5.47. The van der Waals surface area contributed by atoms with Gasteiger partial charge in [0, 0.05) is 18.0 Å². The number of aromatic nitrogens is 2. The maximum absolute atomic E-state index is 12.8. The van der Waals surface area contributed by atoms with E-state index in [1.165, 1.54) is 16.4 Å². The van der Waals surface area contributed by atoms with Crippen LogP contribution in [0.3, 0.4) is 0 Å². The number of nitrogens with zero attached hydrogens (tertiary/aromatic N) is 2. The molecule has 0 amide bonds. The summed E-state index contributed by atoms with van der Waals surface area (Å²) in [7, 11) is -3.68. The molecule has 1 heterocycles. The predicted octanol–water partition coefficient (Wildman–Crippen LogP) is 3.97. The smallest absolute Gasteiger partial charge is 0.269 e. The second-order valence-corrected chi connectivity index (χ2v) is 7.41. The zero-order chi connectivity index (χ0) is 17.7. The standard InChI is InChI=1S/C19H20N2O3S/c1-2-3-15-24-17-11-9-16(10-12-17)19-20-13-14-21(19)25(22,23)18-7-5-4-6-8-18/h4-14H,2-3,15H2,1H3. The van der Waals surface area contributed by atoms with Crippen LogP contribution in [0.4, 0.5) is 0 Å². The van der Waals surface area contributed by atoms with Gasteiger partial charge in [0.1, 0.15) is 5.75 Å². The molecule has 0 unspecified atom stereocenters. The minimum Gasteiger partial charge on any atom is -0.494 e. The summed E-state index contributed by atoms with van der Waals surface area (Å²) in [4.78, 5) is 4.46. The molecule has 0 aliphatic heterocycles. The van der Waals surface area contributed by atoms with E-state index >= 15 is 0 Å². The maximum Gasteiger partial charge on any atom is 0.269 e. The van der Waals surface area contributed by atoms with E-state index in [1.807, 2.05) is 24.3 Å². The first kappa shape index (κ1) is 17.2. The highest BCUT2D eigenvalue weighted by Crippen LogP contribution is 2.24. The number of ether oxygens (including phenoxy) is 1. The summed E-state index contributed by atoms with van der Waals surface area (Å²) in [5, 5.41) is 0. The molecule has 2 aromatic carbocycles. The quantitative estimate of drug-likeness (QED) is 0.601. The van der Waals surface area contributed by atoms with Gasteiger partial charge < -0.3 is 4.74 Å². The minimum absolute atomic E-state index is 0.230. The Hall–Kier alpha value is -2.60. The van der Waals surface area contributed by atoms with Gasteiger partial charge in [0.2, 0.25) is 0 Å². The first-order chi connectivity index (χ1) is 12.1. The third kappa shape index (κ3) is 3.74. The van der Waals surface area contributed by atoms with E-state index in [0.717, 1.165) is 18.6 Å². The van der Waals surface area contributed by atoms with Crippen LogP contribution in [0.25, 0.3) is 11.4 Å². The minimum atomic E-state index is -3.68. The summed E-state index contributed by atoms with van der Waals surface area (Å²) in [5.74, 6) is 1.14. The monoisotopic (exact) mass is 356 g/mol. The molecule has 0 fully saturated rings. The Labute approximate surface area is 148 Å². The summed E-state index contributed by atoms with van der Waals surface area (Å²) >= 11 is 0. The number of hydrogen-bond donors (Lipinski definition) is 0. The summed E-state index contributed by atoms with van der Waals surface area (Å²) < 4.78 is 32.5. The topological polar surface area (TPSA) is 61.2 Å². The van der Waals surface area contributed by atoms with Crippen LogP contribution in [-0.2, 0) is 10.0 Å². The second kappa shape index (κ2) is 7.53. The van der Waals surface area contributed by atoms with E-state index in [-0.39, 0.29) is 4.90 Å². The molecule has 0 saturated carbocycles. The molecule has 0 spiro atoms. The molecule has 0 aliphatic carbocycles. The third-order valence-electron chi connectivity index (χ3n) is 3.79. The lowest BCUT2D eigenvalue weighted by atomic mass is 10.2. The molecule has 0 bridgehead atoms. The predicted molar refractivity (Wildman–Crippen MR) is 97.1 cm³/mol. The summed E-state index contributed by atoms with van der Waals surface area (Å²) in [6.45, 7) is 2.78. The molecule has 0 aliphatic rings. The number of hydrogen-bond acceptors (Lipinski definition) is 4.